The fourth-order valence-corrected chi connectivity index (χ4v) is 1.57. The van der Waals surface area contributed by atoms with Crippen molar-refractivity contribution < 1.29 is 4.74 Å². The van der Waals surface area contributed by atoms with Crippen molar-refractivity contribution in [1.82, 2.24) is 9.78 Å². The van der Waals surface area contributed by atoms with Crippen LogP contribution in [0.5, 0.6) is 0 Å². The van der Waals surface area contributed by atoms with Crippen LogP contribution in [0.25, 0.3) is 0 Å². The maximum absolute atomic E-state index is 8.89. The Morgan fingerprint density at radius 2 is 2.27 bits per heavy atom. The molecule has 1 saturated carbocycles. The maximum atomic E-state index is 8.89. The van der Waals surface area contributed by atoms with Crippen molar-refractivity contribution in [2.75, 3.05) is 6.61 Å². The molecule has 15 heavy (non-hydrogen) atoms. The minimum absolute atomic E-state index is 0.463. The smallest absolute Gasteiger partial charge is 0.139 e. The Bertz CT molecular complexity index is 399. The zero-order valence-electron chi connectivity index (χ0n) is 9.16. The summed E-state index contributed by atoms with van der Waals surface area (Å²) in [6, 6.07) is 2.16. The number of aromatic nitrogens is 2. The van der Waals surface area contributed by atoms with Gasteiger partial charge in [0.05, 0.1) is 23.6 Å². The molecule has 2 rings (SSSR count). The van der Waals surface area contributed by atoms with Gasteiger partial charge in [-0.2, -0.15) is 10.4 Å². The highest BCUT2D eigenvalue weighted by Crippen LogP contribution is 2.28. The highest BCUT2D eigenvalue weighted by molar-refractivity contribution is 5.36. The summed E-state index contributed by atoms with van der Waals surface area (Å²) in [5, 5.41) is 13.2. The number of rotatable bonds is 4. The Balaban J connectivity index is 1.98. The Labute approximate surface area is 89.5 Å². The van der Waals surface area contributed by atoms with Crippen LogP contribution in [0, 0.1) is 31.1 Å². The van der Waals surface area contributed by atoms with E-state index in [0.717, 1.165) is 23.9 Å². The third-order valence-electron chi connectivity index (χ3n) is 2.76. The standard InChI is InChI=1S/C11H15N3O/c1-8-11(5-12)9(2)14(13-8)7-15-6-10-3-4-10/h10H,3-4,6-7H2,1-2H3. The molecule has 1 heterocycles. The molecule has 80 valence electrons. The van der Waals surface area contributed by atoms with Gasteiger partial charge in [-0.05, 0) is 32.6 Å². The number of aryl methyl sites for hydroxylation is 1. The highest BCUT2D eigenvalue weighted by atomic mass is 16.5. The van der Waals surface area contributed by atoms with Gasteiger partial charge in [-0.25, -0.2) is 4.68 Å². The minimum Gasteiger partial charge on any atom is -0.359 e. The topological polar surface area (TPSA) is 50.8 Å². The summed E-state index contributed by atoms with van der Waals surface area (Å²) in [6.07, 6.45) is 2.58. The molecule has 0 N–H and O–H groups in total. The summed E-state index contributed by atoms with van der Waals surface area (Å²) in [5.41, 5.74) is 2.35. The van der Waals surface area contributed by atoms with E-state index in [4.69, 9.17) is 10.00 Å². The first-order valence-electron chi connectivity index (χ1n) is 5.24. The van der Waals surface area contributed by atoms with Gasteiger partial charge in [-0.1, -0.05) is 0 Å². The Hall–Kier alpha value is -1.34. The average molecular weight is 205 g/mol. The molecule has 0 saturated heterocycles. The molecule has 4 heteroatoms. The van der Waals surface area contributed by atoms with Gasteiger partial charge in [0.1, 0.15) is 12.8 Å². The predicted octanol–water partition coefficient (Wildman–Crippen LogP) is 1.76. The van der Waals surface area contributed by atoms with Gasteiger partial charge in [-0.3, -0.25) is 0 Å². The van der Waals surface area contributed by atoms with Crippen LogP contribution < -0.4 is 0 Å². The lowest BCUT2D eigenvalue weighted by Crippen LogP contribution is -2.08. The van der Waals surface area contributed by atoms with E-state index in [1.807, 2.05) is 13.8 Å². The highest BCUT2D eigenvalue weighted by Gasteiger charge is 2.21. The van der Waals surface area contributed by atoms with Gasteiger partial charge in [0.15, 0.2) is 0 Å². The number of nitriles is 1. The van der Waals surface area contributed by atoms with E-state index in [9.17, 15) is 0 Å². The number of hydrogen-bond acceptors (Lipinski definition) is 3. The van der Waals surface area contributed by atoms with Crippen LogP contribution in [0.4, 0.5) is 0 Å². The van der Waals surface area contributed by atoms with Crippen LogP contribution in [0.2, 0.25) is 0 Å². The summed E-state index contributed by atoms with van der Waals surface area (Å²) < 4.78 is 7.29. The van der Waals surface area contributed by atoms with Gasteiger partial charge in [0.25, 0.3) is 0 Å². The van der Waals surface area contributed by atoms with E-state index < -0.39 is 0 Å². The summed E-state index contributed by atoms with van der Waals surface area (Å²) in [5.74, 6) is 0.761. The second-order valence-electron chi connectivity index (χ2n) is 4.10. The molecule has 4 nitrogen and oxygen atoms in total. The molecule has 1 aromatic heterocycles. The lowest BCUT2D eigenvalue weighted by Gasteiger charge is -2.04. The SMILES string of the molecule is Cc1nn(COCC2CC2)c(C)c1C#N. The van der Waals surface area contributed by atoms with E-state index in [1.165, 1.54) is 12.8 Å². The molecule has 0 spiro atoms. The van der Waals surface area contributed by atoms with Crippen molar-refractivity contribution in [1.29, 1.82) is 5.26 Å². The second-order valence-corrected chi connectivity index (χ2v) is 4.10. The molecular formula is C11H15N3O. The number of ether oxygens (including phenoxy) is 1. The largest absolute Gasteiger partial charge is 0.359 e. The molecule has 1 fully saturated rings. The van der Waals surface area contributed by atoms with Crippen LogP contribution in [0.15, 0.2) is 0 Å². The maximum Gasteiger partial charge on any atom is 0.139 e. The molecule has 0 radical (unpaired) electrons. The van der Waals surface area contributed by atoms with Gasteiger partial charge in [-0.15, -0.1) is 0 Å². The van der Waals surface area contributed by atoms with Gasteiger partial charge in [0, 0.05) is 0 Å². The summed E-state index contributed by atoms with van der Waals surface area (Å²) >= 11 is 0. The summed E-state index contributed by atoms with van der Waals surface area (Å²) in [4.78, 5) is 0. The van der Waals surface area contributed by atoms with Crippen molar-refractivity contribution in [3.05, 3.63) is 17.0 Å². The first-order chi connectivity index (χ1) is 7.22. The monoisotopic (exact) mass is 205 g/mol. The van der Waals surface area contributed by atoms with Gasteiger partial charge < -0.3 is 4.74 Å². The average Bonchev–Trinajstić information content (AvgIpc) is 2.96. The van der Waals surface area contributed by atoms with E-state index in [0.29, 0.717) is 12.3 Å². The van der Waals surface area contributed by atoms with Crippen LogP contribution in [-0.4, -0.2) is 16.4 Å². The van der Waals surface area contributed by atoms with E-state index in [-0.39, 0.29) is 0 Å². The van der Waals surface area contributed by atoms with Crippen LogP contribution in [-0.2, 0) is 11.5 Å². The molecule has 1 aromatic rings. The second kappa shape index (κ2) is 4.03. The predicted molar refractivity (Wildman–Crippen MR) is 55.1 cm³/mol. The van der Waals surface area contributed by atoms with Gasteiger partial charge >= 0.3 is 0 Å². The van der Waals surface area contributed by atoms with Crippen LogP contribution in [0.1, 0.15) is 29.8 Å². The molecule has 0 aromatic carbocycles. The summed E-state index contributed by atoms with van der Waals surface area (Å²) in [6.45, 7) is 5.03. The molecule has 0 amide bonds. The Morgan fingerprint density at radius 3 is 2.80 bits per heavy atom. The Kier molecular flexibility index (Phi) is 2.74. The lowest BCUT2D eigenvalue weighted by molar-refractivity contribution is 0.0597. The molecule has 0 bridgehead atoms. The van der Waals surface area contributed by atoms with E-state index in [1.54, 1.807) is 4.68 Å². The zero-order valence-corrected chi connectivity index (χ0v) is 9.16. The first-order valence-corrected chi connectivity index (χ1v) is 5.24. The zero-order chi connectivity index (χ0) is 10.8. The molecule has 1 aliphatic carbocycles. The molecular weight excluding hydrogens is 190 g/mol. The molecule has 0 unspecified atom stereocenters. The molecule has 0 atom stereocenters. The van der Waals surface area contributed by atoms with Gasteiger partial charge in [0.2, 0.25) is 0 Å². The van der Waals surface area contributed by atoms with Crippen molar-refractivity contribution in [2.45, 2.75) is 33.4 Å². The third-order valence-corrected chi connectivity index (χ3v) is 2.76. The Morgan fingerprint density at radius 1 is 1.53 bits per heavy atom. The van der Waals surface area contributed by atoms with E-state index >= 15 is 0 Å². The molecule has 0 aliphatic heterocycles. The van der Waals surface area contributed by atoms with Crippen LogP contribution >= 0.6 is 0 Å². The quantitative estimate of drug-likeness (QED) is 0.752. The minimum atomic E-state index is 0.463. The van der Waals surface area contributed by atoms with Crippen molar-refractivity contribution in [2.24, 2.45) is 5.92 Å². The third kappa shape index (κ3) is 2.18. The number of hydrogen-bond donors (Lipinski definition) is 0. The van der Waals surface area contributed by atoms with E-state index in [2.05, 4.69) is 11.2 Å². The van der Waals surface area contributed by atoms with Crippen LogP contribution in [0.3, 0.4) is 0 Å². The van der Waals surface area contributed by atoms with Crippen molar-refractivity contribution in [3.8, 4) is 6.07 Å². The first kappa shape index (κ1) is 10.2. The molecule has 1 aliphatic rings. The summed E-state index contributed by atoms with van der Waals surface area (Å²) in [7, 11) is 0. The normalized spacial score (nSPS) is 15.3. The number of nitrogens with zero attached hydrogens (tertiary/aromatic N) is 3. The fourth-order valence-electron chi connectivity index (χ4n) is 1.57. The fraction of sp³-hybridized carbons (Fsp3) is 0.636. The van der Waals surface area contributed by atoms with Crippen molar-refractivity contribution in [3.63, 3.8) is 0 Å². The van der Waals surface area contributed by atoms with Crippen molar-refractivity contribution >= 4 is 0 Å². The lowest BCUT2D eigenvalue weighted by atomic mass is 10.2.